The number of fused-ring (bicyclic) bond motifs is 1. The normalized spacial score (nSPS) is 12.2. The SMILES string of the molecule is COc1ccc(-c2csc(NC(=O)/C=C/c3ccc4c(c3)OCO4)n2)c(OC)c1. The Hall–Kier alpha value is -3.52. The summed E-state index contributed by atoms with van der Waals surface area (Å²) < 4.78 is 21.2. The van der Waals surface area contributed by atoms with E-state index < -0.39 is 0 Å². The van der Waals surface area contributed by atoms with Gasteiger partial charge >= 0.3 is 0 Å². The molecule has 0 spiro atoms. The first-order valence-corrected chi connectivity index (χ1v) is 9.61. The Morgan fingerprint density at radius 3 is 2.83 bits per heavy atom. The van der Waals surface area contributed by atoms with Crippen LogP contribution in [0, 0.1) is 0 Å². The molecule has 0 radical (unpaired) electrons. The van der Waals surface area contributed by atoms with Crippen LogP contribution in [0.2, 0.25) is 0 Å². The Morgan fingerprint density at radius 2 is 2.00 bits per heavy atom. The van der Waals surface area contributed by atoms with Crippen molar-refractivity contribution in [2.75, 3.05) is 26.3 Å². The van der Waals surface area contributed by atoms with Gasteiger partial charge in [0.2, 0.25) is 12.7 Å². The number of rotatable bonds is 6. The van der Waals surface area contributed by atoms with Gasteiger partial charge in [-0.05, 0) is 35.9 Å². The second-order valence-corrected chi connectivity index (χ2v) is 6.90. The van der Waals surface area contributed by atoms with Crippen molar-refractivity contribution in [2.45, 2.75) is 0 Å². The number of methoxy groups -OCH3 is 2. The monoisotopic (exact) mass is 410 g/mol. The number of benzene rings is 2. The van der Waals surface area contributed by atoms with Crippen LogP contribution in [0.3, 0.4) is 0 Å². The maximum Gasteiger partial charge on any atom is 0.250 e. The third-order valence-electron chi connectivity index (χ3n) is 4.24. The molecule has 7 nitrogen and oxygen atoms in total. The number of ether oxygens (including phenoxy) is 4. The molecule has 1 aliphatic heterocycles. The number of anilines is 1. The predicted molar refractivity (Wildman–Crippen MR) is 111 cm³/mol. The largest absolute Gasteiger partial charge is 0.497 e. The highest BCUT2D eigenvalue weighted by Crippen LogP contribution is 2.35. The molecule has 8 heteroatoms. The molecule has 0 saturated carbocycles. The van der Waals surface area contributed by atoms with Gasteiger partial charge in [-0.1, -0.05) is 6.07 Å². The Balaban J connectivity index is 1.44. The highest BCUT2D eigenvalue weighted by atomic mass is 32.1. The molecule has 2 heterocycles. The molecule has 3 aromatic rings. The van der Waals surface area contributed by atoms with Crippen molar-refractivity contribution >= 4 is 28.5 Å². The Morgan fingerprint density at radius 1 is 1.14 bits per heavy atom. The lowest BCUT2D eigenvalue weighted by Crippen LogP contribution is -2.07. The van der Waals surface area contributed by atoms with E-state index in [1.54, 1.807) is 26.4 Å². The van der Waals surface area contributed by atoms with Gasteiger partial charge in [-0.15, -0.1) is 11.3 Å². The average Bonchev–Trinajstić information content (AvgIpc) is 3.40. The third kappa shape index (κ3) is 4.17. The minimum absolute atomic E-state index is 0.217. The summed E-state index contributed by atoms with van der Waals surface area (Å²) in [5.41, 5.74) is 2.37. The van der Waals surface area contributed by atoms with Gasteiger partial charge < -0.3 is 18.9 Å². The lowest BCUT2D eigenvalue weighted by Gasteiger charge is -2.08. The van der Waals surface area contributed by atoms with Crippen molar-refractivity contribution in [2.24, 2.45) is 0 Å². The van der Waals surface area contributed by atoms with E-state index in [0.29, 0.717) is 33.8 Å². The van der Waals surface area contributed by atoms with Gasteiger partial charge in [-0.25, -0.2) is 4.98 Å². The molecule has 29 heavy (non-hydrogen) atoms. The van der Waals surface area contributed by atoms with Crippen molar-refractivity contribution < 1.29 is 23.7 Å². The smallest absolute Gasteiger partial charge is 0.250 e. The summed E-state index contributed by atoms with van der Waals surface area (Å²) in [4.78, 5) is 16.7. The van der Waals surface area contributed by atoms with E-state index >= 15 is 0 Å². The first-order chi connectivity index (χ1) is 14.2. The van der Waals surface area contributed by atoms with E-state index in [4.69, 9.17) is 18.9 Å². The Kier molecular flexibility index (Phi) is 5.35. The molecule has 1 N–H and O–H groups in total. The molecule has 2 aromatic carbocycles. The summed E-state index contributed by atoms with van der Waals surface area (Å²) in [6.45, 7) is 0.217. The van der Waals surface area contributed by atoms with Gasteiger partial charge in [0.25, 0.3) is 0 Å². The maximum absolute atomic E-state index is 12.2. The molecule has 0 atom stereocenters. The number of hydrogen-bond acceptors (Lipinski definition) is 7. The minimum atomic E-state index is -0.273. The van der Waals surface area contributed by atoms with Crippen molar-refractivity contribution in [1.82, 2.24) is 4.98 Å². The number of thiazole rings is 1. The standard InChI is InChI=1S/C21H18N2O5S/c1-25-14-5-6-15(18(10-14)26-2)16-11-29-21(22-16)23-20(24)8-4-13-3-7-17-19(9-13)28-12-27-17/h3-11H,12H2,1-2H3,(H,22,23,24)/b8-4+. The molecule has 1 aromatic heterocycles. The summed E-state index contributed by atoms with van der Waals surface area (Å²) in [6, 6.07) is 11.0. The second-order valence-electron chi connectivity index (χ2n) is 6.04. The van der Waals surface area contributed by atoms with Crippen LogP contribution < -0.4 is 24.3 Å². The highest BCUT2D eigenvalue weighted by Gasteiger charge is 2.13. The highest BCUT2D eigenvalue weighted by molar-refractivity contribution is 7.14. The predicted octanol–water partition coefficient (Wildman–Crippen LogP) is 4.21. The zero-order valence-corrected chi connectivity index (χ0v) is 16.6. The second kappa shape index (κ2) is 8.24. The zero-order chi connectivity index (χ0) is 20.2. The number of aromatic nitrogens is 1. The van der Waals surface area contributed by atoms with Gasteiger partial charge in [0.05, 0.1) is 19.9 Å². The van der Waals surface area contributed by atoms with Crippen LogP contribution in [0.25, 0.3) is 17.3 Å². The Labute approximate surface area is 171 Å². The van der Waals surface area contributed by atoms with Gasteiger partial charge in [-0.2, -0.15) is 0 Å². The molecule has 0 unspecified atom stereocenters. The van der Waals surface area contributed by atoms with Crippen LogP contribution in [0.15, 0.2) is 47.9 Å². The fourth-order valence-electron chi connectivity index (χ4n) is 2.80. The van der Waals surface area contributed by atoms with Gasteiger partial charge in [0.1, 0.15) is 11.5 Å². The molecule has 148 valence electrons. The number of nitrogens with zero attached hydrogens (tertiary/aromatic N) is 1. The summed E-state index contributed by atoms with van der Waals surface area (Å²) >= 11 is 1.34. The van der Waals surface area contributed by atoms with Crippen molar-refractivity contribution in [3.05, 3.63) is 53.4 Å². The molecule has 0 aliphatic carbocycles. The van der Waals surface area contributed by atoms with Crippen molar-refractivity contribution in [3.8, 4) is 34.3 Å². The number of carbonyl (C=O) groups is 1. The van der Waals surface area contributed by atoms with E-state index in [9.17, 15) is 4.79 Å². The van der Waals surface area contributed by atoms with Crippen LogP contribution >= 0.6 is 11.3 Å². The first-order valence-electron chi connectivity index (χ1n) is 8.73. The number of carbonyl (C=O) groups excluding carboxylic acids is 1. The van der Waals surface area contributed by atoms with Gasteiger partial charge in [0, 0.05) is 23.1 Å². The van der Waals surface area contributed by atoms with E-state index in [1.165, 1.54) is 17.4 Å². The molecule has 1 aliphatic rings. The quantitative estimate of drug-likeness (QED) is 0.614. The first kappa shape index (κ1) is 18.8. The van der Waals surface area contributed by atoms with Crippen molar-refractivity contribution in [3.63, 3.8) is 0 Å². The fourth-order valence-corrected chi connectivity index (χ4v) is 3.51. The summed E-state index contributed by atoms with van der Waals surface area (Å²) in [5, 5.41) is 5.14. The maximum atomic E-state index is 12.2. The number of amides is 1. The van der Waals surface area contributed by atoms with E-state index in [0.717, 1.165) is 11.1 Å². The molecular weight excluding hydrogens is 392 g/mol. The van der Waals surface area contributed by atoms with Crippen LogP contribution in [-0.4, -0.2) is 31.9 Å². The third-order valence-corrected chi connectivity index (χ3v) is 5.00. The lowest BCUT2D eigenvalue weighted by atomic mass is 10.1. The topological polar surface area (TPSA) is 78.9 Å². The Bertz CT molecular complexity index is 1080. The summed E-state index contributed by atoms with van der Waals surface area (Å²) in [5.74, 6) is 2.45. The zero-order valence-electron chi connectivity index (χ0n) is 15.8. The average molecular weight is 410 g/mol. The van der Waals surface area contributed by atoms with Gasteiger partial charge in [-0.3, -0.25) is 10.1 Å². The number of nitrogens with one attached hydrogen (secondary N) is 1. The van der Waals surface area contributed by atoms with Gasteiger partial charge in [0.15, 0.2) is 16.6 Å². The summed E-state index contributed by atoms with van der Waals surface area (Å²) in [6.07, 6.45) is 3.16. The lowest BCUT2D eigenvalue weighted by molar-refractivity contribution is -0.111. The van der Waals surface area contributed by atoms with Crippen LogP contribution in [0.1, 0.15) is 5.56 Å². The van der Waals surface area contributed by atoms with E-state index in [-0.39, 0.29) is 12.7 Å². The molecular formula is C21H18N2O5S. The van der Waals surface area contributed by atoms with Crippen molar-refractivity contribution in [1.29, 1.82) is 0 Å². The molecule has 0 bridgehead atoms. The van der Waals surface area contributed by atoms with Crippen LogP contribution in [0.5, 0.6) is 23.0 Å². The molecule has 4 rings (SSSR count). The molecule has 0 fully saturated rings. The van der Waals surface area contributed by atoms with E-state index in [1.807, 2.05) is 35.7 Å². The van der Waals surface area contributed by atoms with Crippen LogP contribution in [-0.2, 0) is 4.79 Å². The van der Waals surface area contributed by atoms with Crippen LogP contribution in [0.4, 0.5) is 5.13 Å². The van der Waals surface area contributed by atoms with E-state index in [2.05, 4.69) is 10.3 Å². The molecule has 0 saturated heterocycles. The summed E-state index contributed by atoms with van der Waals surface area (Å²) in [7, 11) is 3.19. The number of hydrogen-bond donors (Lipinski definition) is 1. The minimum Gasteiger partial charge on any atom is -0.497 e. The molecule has 1 amide bonds. The fraction of sp³-hybridized carbons (Fsp3) is 0.143.